The van der Waals surface area contributed by atoms with Crippen LogP contribution in [0.5, 0.6) is 0 Å². The van der Waals surface area contributed by atoms with Crippen molar-refractivity contribution < 1.29 is 4.79 Å². The SMILES string of the molecule is Cc1cc(N2C(=O)c3[nH]ncc3C2c2ccc(Cl)cc2)cn(C)c1=O. The summed E-state index contributed by atoms with van der Waals surface area (Å²) in [6.45, 7) is 1.74. The summed E-state index contributed by atoms with van der Waals surface area (Å²) in [6.07, 6.45) is 3.34. The Morgan fingerprint density at radius 2 is 1.92 bits per heavy atom. The highest BCUT2D eigenvalue weighted by molar-refractivity contribution is 6.30. The van der Waals surface area contributed by atoms with Gasteiger partial charge in [-0.05, 0) is 30.7 Å². The van der Waals surface area contributed by atoms with Gasteiger partial charge in [-0.15, -0.1) is 0 Å². The lowest BCUT2D eigenvalue weighted by Crippen LogP contribution is -2.31. The molecule has 126 valence electrons. The van der Waals surface area contributed by atoms with Gasteiger partial charge in [-0.25, -0.2) is 0 Å². The smallest absolute Gasteiger partial charge is 0.277 e. The number of hydrogen-bond acceptors (Lipinski definition) is 3. The van der Waals surface area contributed by atoms with Gasteiger partial charge in [0.05, 0.1) is 17.9 Å². The van der Waals surface area contributed by atoms with Gasteiger partial charge in [-0.2, -0.15) is 5.10 Å². The van der Waals surface area contributed by atoms with Crippen LogP contribution in [0.4, 0.5) is 5.69 Å². The first kappa shape index (κ1) is 15.7. The molecule has 1 aromatic carbocycles. The molecule has 0 radical (unpaired) electrons. The normalized spacial score (nSPS) is 16.4. The maximum atomic E-state index is 13.0. The van der Waals surface area contributed by atoms with Gasteiger partial charge in [-0.1, -0.05) is 23.7 Å². The van der Waals surface area contributed by atoms with Gasteiger partial charge in [-0.3, -0.25) is 19.6 Å². The van der Waals surface area contributed by atoms with Crippen molar-refractivity contribution in [3.63, 3.8) is 0 Å². The standard InChI is InChI=1S/C18H15ClN4O2/c1-10-7-13(9-22(2)17(10)24)23-16(11-3-5-12(19)6-4-11)14-8-20-21-15(14)18(23)25/h3-9,16H,1-2H3,(H,20,21). The van der Waals surface area contributed by atoms with E-state index in [0.29, 0.717) is 22.0 Å². The predicted octanol–water partition coefficient (Wildman–Crippen LogP) is 2.82. The number of carbonyl (C=O) groups is 1. The summed E-state index contributed by atoms with van der Waals surface area (Å²) in [7, 11) is 1.68. The maximum Gasteiger partial charge on any atom is 0.277 e. The average molecular weight is 355 g/mol. The third-order valence-electron chi connectivity index (χ3n) is 4.47. The largest absolute Gasteiger partial charge is 0.316 e. The van der Waals surface area contributed by atoms with Gasteiger partial charge in [0.2, 0.25) is 0 Å². The number of nitrogens with zero attached hydrogens (tertiary/aromatic N) is 3. The summed E-state index contributed by atoms with van der Waals surface area (Å²) in [6, 6.07) is 8.79. The fourth-order valence-electron chi connectivity index (χ4n) is 3.28. The Hall–Kier alpha value is -2.86. The molecule has 0 aliphatic carbocycles. The molecule has 0 saturated carbocycles. The van der Waals surface area contributed by atoms with Crippen LogP contribution >= 0.6 is 11.6 Å². The van der Waals surface area contributed by atoms with Crippen LogP contribution in [-0.4, -0.2) is 20.7 Å². The fourth-order valence-corrected chi connectivity index (χ4v) is 3.40. The minimum absolute atomic E-state index is 0.0846. The Bertz CT molecular complexity index is 1010. The van der Waals surface area contributed by atoms with Gasteiger partial charge >= 0.3 is 0 Å². The summed E-state index contributed by atoms with van der Waals surface area (Å²) in [5, 5.41) is 7.42. The first-order valence-corrected chi connectivity index (χ1v) is 8.14. The van der Waals surface area contributed by atoms with E-state index in [2.05, 4.69) is 10.2 Å². The van der Waals surface area contributed by atoms with Crippen molar-refractivity contribution in [1.29, 1.82) is 0 Å². The molecule has 0 saturated heterocycles. The van der Waals surface area contributed by atoms with E-state index in [1.54, 1.807) is 49.5 Å². The predicted molar refractivity (Wildman–Crippen MR) is 95.1 cm³/mol. The third-order valence-corrected chi connectivity index (χ3v) is 4.72. The van der Waals surface area contributed by atoms with Crippen molar-refractivity contribution in [2.45, 2.75) is 13.0 Å². The summed E-state index contributed by atoms with van der Waals surface area (Å²) in [4.78, 5) is 26.6. The number of benzene rings is 1. The van der Waals surface area contributed by atoms with Crippen LogP contribution in [0.2, 0.25) is 5.02 Å². The van der Waals surface area contributed by atoms with Crippen molar-refractivity contribution in [3.8, 4) is 0 Å². The highest BCUT2D eigenvalue weighted by Gasteiger charge is 2.40. The lowest BCUT2D eigenvalue weighted by Gasteiger charge is -2.26. The lowest BCUT2D eigenvalue weighted by molar-refractivity contribution is 0.0988. The van der Waals surface area contributed by atoms with Crippen LogP contribution in [0.15, 0.2) is 47.5 Å². The topological polar surface area (TPSA) is 71.0 Å². The van der Waals surface area contributed by atoms with Crippen LogP contribution in [-0.2, 0) is 7.05 Å². The molecule has 3 heterocycles. The zero-order valence-corrected chi connectivity index (χ0v) is 14.4. The molecule has 3 aromatic rings. The van der Waals surface area contributed by atoms with E-state index in [9.17, 15) is 9.59 Å². The van der Waals surface area contributed by atoms with Crippen LogP contribution in [0.1, 0.15) is 33.2 Å². The number of aromatic nitrogens is 3. The molecule has 1 amide bonds. The minimum Gasteiger partial charge on any atom is -0.316 e. The maximum absolute atomic E-state index is 13.0. The number of nitrogens with one attached hydrogen (secondary N) is 1. The number of halogens is 1. The monoisotopic (exact) mass is 354 g/mol. The van der Waals surface area contributed by atoms with E-state index in [1.807, 2.05) is 12.1 Å². The first-order chi connectivity index (χ1) is 12.0. The molecule has 0 fully saturated rings. The highest BCUT2D eigenvalue weighted by Crippen LogP contribution is 2.40. The van der Waals surface area contributed by atoms with Crippen molar-refractivity contribution in [3.05, 3.63) is 80.5 Å². The Kier molecular flexibility index (Phi) is 3.51. The molecule has 1 aliphatic heterocycles. The van der Waals surface area contributed by atoms with Crippen molar-refractivity contribution in [2.24, 2.45) is 7.05 Å². The van der Waals surface area contributed by atoms with Crippen LogP contribution in [0, 0.1) is 6.92 Å². The van der Waals surface area contributed by atoms with E-state index in [4.69, 9.17) is 11.6 Å². The molecule has 1 unspecified atom stereocenters. The van der Waals surface area contributed by atoms with Gasteiger partial charge in [0.25, 0.3) is 11.5 Å². The molecule has 1 aliphatic rings. The van der Waals surface area contributed by atoms with Gasteiger partial charge < -0.3 is 4.57 Å². The molecular formula is C18H15ClN4O2. The second-order valence-corrected chi connectivity index (χ2v) is 6.56. The number of amides is 1. The Morgan fingerprint density at radius 1 is 1.20 bits per heavy atom. The third kappa shape index (κ3) is 2.37. The van der Waals surface area contributed by atoms with E-state index in [-0.39, 0.29) is 17.5 Å². The van der Waals surface area contributed by atoms with Crippen LogP contribution < -0.4 is 10.5 Å². The Morgan fingerprint density at radius 3 is 2.60 bits per heavy atom. The number of aryl methyl sites for hydroxylation is 2. The van der Waals surface area contributed by atoms with Gasteiger partial charge in [0, 0.05) is 29.4 Å². The molecule has 4 rings (SSSR count). The van der Waals surface area contributed by atoms with Crippen molar-refractivity contribution in [2.75, 3.05) is 4.90 Å². The molecule has 25 heavy (non-hydrogen) atoms. The number of hydrogen-bond donors (Lipinski definition) is 1. The number of anilines is 1. The van der Waals surface area contributed by atoms with Gasteiger partial charge in [0.15, 0.2) is 0 Å². The fraction of sp³-hybridized carbons (Fsp3) is 0.167. The molecule has 7 heteroatoms. The van der Waals surface area contributed by atoms with E-state index < -0.39 is 0 Å². The first-order valence-electron chi connectivity index (χ1n) is 7.77. The number of rotatable bonds is 2. The zero-order chi connectivity index (χ0) is 17.7. The van der Waals surface area contributed by atoms with Crippen molar-refractivity contribution in [1.82, 2.24) is 14.8 Å². The Balaban J connectivity index is 1.91. The van der Waals surface area contributed by atoms with Crippen molar-refractivity contribution >= 4 is 23.2 Å². The minimum atomic E-state index is -0.324. The second-order valence-electron chi connectivity index (χ2n) is 6.13. The molecule has 2 aromatic heterocycles. The summed E-state index contributed by atoms with van der Waals surface area (Å²) in [5.41, 5.74) is 3.35. The molecule has 6 nitrogen and oxygen atoms in total. The molecule has 1 atom stereocenters. The highest BCUT2D eigenvalue weighted by atomic mass is 35.5. The number of H-pyrrole nitrogens is 1. The zero-order valence-electron chi connectivity index (χ0n) is 13.7. The number of fused-ring (bicyclic) bond motifs is 1. The molecular weight excluding hydrogens is 340 g/mol. The number of carbonyl (C=O) groups excluding carboxylic acids is 1. The van der Waals surface area contributed by atoms with E-state index in [0.717, 1.165) is 11.1 Å². The van der Waals surface area contributed by atoms with E-state index >= 15 is 0 Å². The van der Waals surface area contributed by atoms with E-state index in [1.165, 1.54) is 4.57 Å². The van der Waals surface area contributed by atoms with Gasteiger partial charge in [0.1, 0.15) is 5.69 Å². The second kappa shape index (κ2) is 5.60. The average Bonchev–Trinajstić information content (AvgIpc) is 3.15. The number of aromatic amines is 1. The van der Waals surface area contributed by atoms with Crippen LogP contribution in [0.25, 0.3) is 0 Å². The number of pyridine rings is 1. The molecule has 1 N–H and O–H groups in total. The summed E-state index contributed by atoms with van der Waals surface area (Å²) >= 11 is 6.00. The van der Waals surface area contributed by atoms with Crippen LogP contribution in [0.3, 0.4) is 0 Å². The Labute approximate surface area is 148 Å². The summed E-state index contributed by atoms with van der Waals surface area (Å²) < 4.78 is 1.49. The molecule has 0 spiro atoms. The molecule has 0 bridgehead atoms. The lowest BCUT2D eigenvalue weighted by atomic mass is 10.0. The summed E-state index contributed by atoms with van der Waals surface area (Å²) in [5.74, 6) is -0.175. The quantitative estimate of drug-likeness (QED) is 0.769.